The van der Waals surface area contributed by atoms with E-state index in [-0.39, 0.29) is 6.61 Å². The van der Waals surface area contributed by atoms with Gasteiger partial charge in [0.2, 0.25) is 0 Å². The van der Waals surface area contributed by atoms with Crippen LogP contribution in [-0.4, -0.2) is 22.8 Å². The summed E-state index contributed by atoms with van der Waals surface area (Å²) in [7, 11) is 0. The van der Waals surface area contributed by atoms with Crippen molar-refractivity contribution in [2.24, 2.45) is 0 Å². The first-order valence-electron chi connectivity index (χ1n) is 4.76. The van der Waals surface area contributed by atoms with E-state index < -0.39 is 5.97 Å². The molecule has 1 aromatic carbocycles. The number of carboxylic acids is 1. The van der Waals surface area contributed by atoms with Crippen LogP contribution in [0.2, 0.25) is 0 Å². The topological polar surface area (TPSA) is 57.5 Å². The van der Waals surface area contributed by atoms with Crippen molar-refractivity contribution in [2.75, 3.05) is 6.61 Å². The Bertz CT molecular complexity index is 380. The predicted molar refractivity (Wildman–Crippen MR) is 58.9 cm³/mol. The van der Waals surface area contributed by atoms with Crippen LogP contribution in [0.1, 0.15) is 27.9 Å². The minimum absolute atomic E-state index is 0.128. The molecule has 0 spiro atoms. The molecule has 3 nitrogen and oxygen atoms in total. The number of hydrogen-bond acceptors (Lipinski definition) is 2. The monoisotopic (exact) mass is 206 g/mol. The van der Waals surface area contributed by atoms with Crippen LogP contribution in [0.5, 0.6) is 0 Å². The van der Waals surface area contributed by atoms with E-state index in [4.69, 9.17) is 10.2 Å². The van der Waals surface area contributed by atoms with Crippen LogP contribution in [0, 0.1) is 6.92 Å². The zero-order valence-corrected chi connectivity index (χ0v) is 8.60. The molecule has 0 aliphatic heterocycles. The van der Waals surface area contributed by atoms with E-state index >= 15 is 0 Å². The maximum atomic E-state index is 10.7. The fourth-order valence-electron chi connectivity index (χ4n) is 1.28. The van der Waals surface area contributed by atoms with Crippen LogP contribution in [0.25, 0.3) is 6.08 Å². The third-order valence-corrected chi connectivity index (χ3v) is 2.11. The molecule has 1 rings (SSSR count). The van der Waals surface area contributed by atoms with Crippen molar-refractivity contribution in [1.29, 1.82) is 0 Å². The van der Waals surface area contributed by atoms with Gasteiger partial charge in [-0.15, -0.1) is 0 Å². The van der Waals surface area contributed by atoms with E-state index in [0.717, 1.165) is 11.1 Å². The first-order valence-corrected chi connectivity index (χ1v) is 4.76. The van der Waals surface area contributed by atoms with Crippen LogP contribution in [0.15, 0.2) is 24.3 Å². The lowest BCUT2D eigenvalue weighted by atomic mass is 10.0. The largest absolute Gasteiger partial charge is 0.478 e. The summed E-state index contributed by atoms with van der Waals surface area (Å²) in [5.74, 6) is -0.913. The van der Waals surface area contributed by atoms with Crippen LogP contribution < -0.4 is 0 Å². The highest BCUT2D eigenvalue weighted by atomic mass is 16.4. The standard InChI is InChI=1S/C12H14O3/c1-9-8-11(12(14)15)6-5-10(9)4-2-3-7-13/h2,4-6,8,13H,3,7H2,1H3,(H,14,15). The summed E-state index contributed by atoms with van der Waals surface area (Å²) in [5.41, 5.74) is 2.20. The third kappa shape index (κ3) is 3.22. The van der Waals surface area contributed by atoms with Crippen molar-refractivity contribution in [1.82, 2.24) is 0 Å². The Labute approximate surface area is 88.7 Å². The highest BCUT2D eigenvalue weighted by Gasteiger charge is 2.03. The second-order valence-corrected chi connectivity index (χ2v) is 3.29. The summed E-state index contributed by atoms with van der Waals surface area (Å²) in [6, 6.07) is 4.99. The van der Waals surface area contributed by atoms with Crippen LogP contribution >= 0.6 is 0 Å². The summed E-state index contributed by atoms with van der Waals surface area (Å²) in [6.45, 7) is 1.99. The summed E-state index contributed by atoms with van der Waals surface area (Å²) in [6.07, 6.45) is 4.36. The number of carboxylic acid groups (broad SMARTS) is 1. The normalized spacial score (nSPS) is 10.8. The lowest BCUT2D eigenvalue weighted by Gasteiger charge is -2.01. The van der Waals surface area contributed by atoms with E-state index in [2.05, 4.69) is 0 Å². The molecule has 0 atom stereocenters. The Kier molecular flexibility index (Phi) is 4.06. The summed E-state index contributed by atoms with van der Waals surface area (Å²) >= 11 is 0. The Balaban J connectivity index is 2.88. The molecule has 0 aromatic heterocycles. The second-order valence-electron chi connectivity index (χ2n) is 3.29. The van der Waals surface area contributed by atoms with E-state index in [1.165, 1.54) is 0 Å². The molecule has 0 aliphatic rings. The van der Waals surface area contributed by atoms with Gasteiger partial charge in [0.15, 0.2) is 0 Å². The van der Waals surface area contributed by atoms with Gasteiger partial charge in [-0.25, -0.2) is 4.79 Å². The molecule has 0 saturated heterocycles. The molecule has 0 unspecified atom stereocenters. The van der Waals surface area contributed by atoms with Gasteiger partial charge in [0.25, 0.3) is 0 Å². The fraction of sp³-hybridized carbons (Fsp3) is 0.250. The molecule has 0 radical (unpaired) electrons. The van der Waals surface area contributed by atoms with Crippen molar-refractivity contribution in [2.45, 2.75) is 13.3 Å². The highest BCUT2D eigenvalue weighted by Crippen LogP contribution is 2.13. The Morgan fingerprint density at radius 1 is 1.47 bits per heavy atom. The fourth-order valence-corrected chi connectivity index (χ4v) is 1.28. The molecule has 2 N–H and O–H groups in total. The van der Waals surface area contributed by atoms with Gasteiger partial charge in [-0.1, -0.05) is 18.2 Å². The molecule has 0 amide bonds. The molecule has 3 heteroatoms. The number of aromatic carboxylic acids is 1. The number of carbonyl (C=O) groups is 1. The highest BCUT2D eigenvalue weighted by molar-refractivity contribution is 5.88. The third-order valence-electron chi connectivity index (χ3n) is 2.11. The first-order chi connectivity index (χ1) is 7.15. The second kappa shape index (κ2) is 5.32. The molecular weight excluding hydrogens is 192 g/mol. The van der Waals surface area contributed by atoms with Crippen LogP contribution in [-0.2, 0) is 0 Å². The zero-order valence-electron chi connectivity index (χ0n) is 8.60. The molecule has 15 heavy (non-hydrogen) atoms. The number of aliphatic hydroxyl groups excluding tert-OH is 1. The average Bonchev–Trinajstić information content (AvgIpc) is 2.20. The van der Waals surface area contributed by atoms with Crippen molar-refractivity contribution < 1.29 is 15.0 Å². The Morgan fingerprint density at radius 3 is 2.73 bits per heavy atom. The minimum atomic E-state index is -0.913. The lowest BCUT2D eigenvalue weighted by Crippen LogP contribution is -1.96. The number of benzene rings is 1. The van der Waals surface area contributed by atoms with Gasteiger partial charge in [0.05, 0.1) is 5.56 Å². The molecular formula is C12H14O3. The number of aliphatic hydroxyl groups is 1. The Morgan fingerprint density at radius 2 is 2.20 bits per heavy atom. The molecule has 0 saturated carbocycles. The molecule has 0 aliphatic carbocycles. The quantitative estimate of drug-likeness (QED) is 0.793. The number of aryl methyl sites for hydroxylation is 1. The first kappa shape index (κ1) is 11.5. The van der Waals surface area contributed by atoms with Crippen molar-refractivity contribution in [3.63, 3.8) is 0 Å². The van der Waals surface area contributed by atoms with Gasteiger partial charge in [-0.3, -0.25) is 0 Å². The SMILES string of the molecule is Cc1cc(C(=O)O)ccc1C=CCCO. The van der Waals surface area contributed by atoms with Gasteiger partial charge >= 0.3 is 5.97 Å². The van der Waals surface area contributed by atoms with Gasteiger partial charge in [0, 0.05) is 6.61 Å². The van der Waals surface area contributed by atoms with Gasteiger partial charge in [-0.05, 0) is 36.6 Å². The predicted octanol–water partition coefficient (Wildman–Crippen LogP) is 2.09. The molecule has 1 aromatic rings. The number of rotatable bonds is 4. The molecule has 0 bridgehead atoms. The van der Waals surface area contributed by atoms with Crippen molar-refractivity contribution in [3.8, 4) is 0 Å². The van der Waals surface area contributed by atoms with Gasteiger partial charge < -0.3 is 10.2 Å². The zero-order chi connectivity index (χ0) is 11.3. The van der Waals surface area contributed by atoms with Crippen molar-refractivity contribution >= 4 is 12.0 Å². The Hall–Kier alpha value is -1.61. The minimum Gasteiger partial charge on any atom is -0.478 e. The summed E-state index contributed by atoms with van der Waals surface area (Å²) in [5, 5.41) is 17.4. The number of hydrogen-bond donors (Lipinski definition) is 2. The molecule has 80 valence electrons. The van der Waals surface area contributed by atoms with E-state index in [0.29, 0.717) is 12.0 Å². The summed E-state index contributed by atoms with van der Waals surface area (Å²) in [4.78, 5) is 10.7. The molecule has 0 fully saturated rings. The van der Waals surface area contributed by atoms with E-state index in [1.807, 2.05) is 19.1 Å². The van der Waals surface area contributed by atoms with Crippen LogP contribution in [0.3, 0.4) is 0 Å². The maximum absolute atomic E-state index is 10.7. The van der Waals surface area contributed by atoms with Gasteiger partial charge in [-0.2, -0.15) is 0 Å². The van der Waals surface area contributed by atoms with Gasteiger partial charge in [0.1, 0.15) is 0 Å². The van der Waals surface area contributed by atoms with E-state index in [1.54, 1.807) is 18.2 Å². The van der Waals surface area contributed by atoms with Crippen molar-refractivity contribution in [3.05, 3.63) is 41.0 Å². The maximum Gasteiger partial charge on any atom is 0.335 e. The average molecular weight is 206 g/mol. The molecule has 0 heterocycles. The van der Waals surface area contributed by atoms with Crippen LogP contribution in [0.4, 0.5) is 0 Å². The lowest BCUT2D eigenvalue weighted by molar-refractivity contribution is 0.0697. The summed E-state index contributed by atoms with van der Waals surface area (Å²) < 4.78 is 0. The van der Waals surface area contributed by atoms with E-state index in [9.17, 15) is 4.79 Å². The smallest absolute Gasteiger partial charge is 0.335 e.